The molecule has 0 saturated carbocycles. The number of carbonyl (C=O) groups excluding carboxylic acids is 3. The predicted molar refractivity (Wildman–Crippen MR) is 97.6 cm³/mol. The summed E-state index contributed by atoms with van der Waals surface area (Å²) < 4.78 is 0. The van der Waals surface area contributed by atoms with Crippen molar-refractivity contribution in [3.05, 3.63) is 59.7 Å². The zero-order valence-electron chi connectivity index (χ0n) is 14.0. The summed E-state index contributed by atoms with van der Waals surface area (Å²) in [5, 5.41) is 2.47. The van der Waals surface area contributed by atoms with E-state index in [0.717, 1.165) is 10.5 Å². The number of hydrogen-bond donors (Lipinski definition) is 1. The summed E-state index contributed by atoms with van der Waals surface area (Å²) >= 11 is 1.37. The van der Waals surface area contributed by atoms with Gasteiger partial charge in [-0.05, 0) is 43.3 Å². The van der Waals surface area contributed by atoms with Gasteiger partial charge in [0, 0.05) is 29.6 Å². The van der Waals surface area contributed by atoms with Crippen molar-refractivity contribution in [2.75, 3.05) is 12.4 Å². The maximum absolute atomic E-state index is 12.2. The summed E-state index contributed by atoms with van der Waals surface area (Å²) in [6.45, 7) is 1.97. The van der Waals surface area contributed by atoms with Crippen LogP contribution in [-0.2, 0) is 9.59 Å². The molecule has 1 saturated heterocycles. The first-order valence-electron chi connectivity index (χ1n) is 7.89. The number of likely N-dealkylation sites (tertiary alicyclic amines) is 1. The Labute approximate surface area is 150 Å². The molecule has 2 aromatic carbocycles. The third kappa shape index (κ3) is 3.91. The number of aryl methyl sites for hydroxylation is 1. The number of imide groups is 1. The second-order valence-corrected chi connectivity index (χ2v) is 7.22. The minimum Gasteiger partial charge on any atom is -0.322 e. The van der Waals surface area contributed by atoms with Gasteiger partial charge in [-0.3, -0.25) is 19.3 Å². The van der Waals surface area contributed by atoms with Crippen LogP contribution in [-0.4, -0.2) is 34.9 Å². The van der Waals surface area contributed by atoms with Crippen LogP contribution in [0.2, 0.25) is 0 Å². The van der Waals surface area contributed by atoms with E-state index in [1.807, 2.05) is 31.2 Å². The lowest BCUT2D eigenvalue weighted by Gasteiger charge is -2.10. The SMILES string of the molecule is Cc1ccc(C(=O)Nc2ccc(SC3CC(=O)N(C)C3=O)cc2)cc1. The molecule has 3 rings (SSSR count). The second kappa shape index (κ2) is 7.11. The molecular weight excluding hydrogens is 336 g/mol. The first-order chi connectivity index (χ1) is 11.9. The molecule has 1 heterocycles. The number of carbonyl (C=O) groups is 3. The molecule has 128 valence electrons. The van der Waals surface area contributed by atoms with Crippen molar-refractivity contribution in [2.45, 2.75) is 23.5 Å². The number of anilines is 1. The molecule has 0 bridgehead atoms. The summed E-state index contributed by atoms with van der Waals surface area (Å²) in [4.78, 5) is 37.8. The normalized spacial score (nSPS) is 17.0. The molecule has 1 N–H and O–H groups in total. The molecule has 1 fully saturated rings. The number of hydrogen-bond acceptors (Lipinski definition) is 4. The summed E-state index contributed by atoms with van der Waals surface area (Å²) in [5.41, 5.74) is 2.38. The number of nitrogens with one attached hydrogen (secondary N) is 1. The van der Waals surface area contributed by atoms with E-state index in [-0.39, 0.29) is 29.4 Å². The lowest BCUT2D eigenvalue weighted by atomic mass is 10.1. The maximum atomic E-state index is 12.2. The summed E-state index contributed by atoms with van der Waals surface area (Å²) in [6.07, 6.45) is 0.228. The first kappa shape index (κ1) is 17.2. The van der Waals surface area contributed by atoms with E-state index in [4.69, 9.17) is 0 Å². The molecule has 25 heavy (non-hydrogen) atoms. The van der Waals surface area contributed by atoms with Crippen molar-refractivity contribution in [3.63, 3.8) is 0 Å². The molecular formula is C19H18N2O3S. The average Bonchev–Trinajstić information content (AvgIpc) is 2.84. The van der Waals surface area contributed by atoms with Crippen molar-refractivity contribution in [2.24, 2.45) is 0 Å². The Morgan fingerprint density at radius 2 is 1.72 bits per heavy atom. The molecule has 0 aliphatic carbocycles. The van der Waals surface area contributed by atoms with Gasteiger partial charge < -0.3 is 5.32 Å². The summed E-state index contributed by atoms with van der Waals surface area (Å²) in [7, 11) is 1.51. The quantitative estimate of drug-likeness (QED) is 0.857. The summed E-state index contributed by atoms with van der Waals surface area (Å²) in [5.74, 6) is -0.477. The van der Waals surface area contributed by atoms with Crippen LogP contribution >= 0.6 is 11.8 Å². The number of amides is 3. The van der Waals surface area contributed by atoms with Crippen LogP contribution < -0.4 is 5.32 Å². The van der Waals surface area contributed by atoms with Crippen LogP contribution in [0, 0.1) is 6.92 Å². The van der Waals surface area contributed by atoms with Gasteiger partial charge in [0.25, 0.3) is 5.91 Å². The highest BCUT2D eigenvalue weighted by molar-refractivity contribution is 8.00. The standard InChI is InChI=1S/C19H18N2O3S/c1-12-3-5-13(6-4-12)18(23)20-14-7-9-15(10-8-14)25-16-11-17(22)21(2)19(16)24/h3-10,16H,11H2,1-2H3,(H,20,23). The maximum Gasteiger partial charge on any atom is 0.255 e. The number of rotatable bonds is 4. The monoisotopic (exact) mass is 354 g/mol. The van der Waals surface area contributed by atoms with Crippen molar-refractivity contribution in [3.8, 4) is 0 Å². The Bertz CT molecular complexity index is 816. The highest BCUT2D eigenvalue weighted by Gasteiger charge is 2.36. The van der Waals surface area contributed by atoms with Crippen molar-refractivity contribution < 1.29 is 14.4 Å². The fourth-order valence-corrected chi connectivity index (χ4v) is 3.61. The van der Waals surface area contributed by atoms with Crippen LogP contribution in [0.4, 0.5) is 5.69 Å². The van der Waals surface area contributed by atoms with Crippen molar-refractivity contribution in [1.82, 2.24) is 4.90 Å². The molecule has 6 heteroatoms. The van der Waals surface area contributed by atoms with Crippen LogP contribution in [0.25, 0.3) is 0 Å². The highest BCUT2D eigenvalue weighted by Crippen LogP contribution is 2.31. The van der Waals surface area contributed by atoms with Gasteiger partial charge in [0.2, 0.25) is 11.8 Å². The van der Waals surface area contributed by atoms with Crippen LogP contribution in [0.3, 0.4) is 0 Å². The second-order valence-electron chi connectivity index (χ2n) is 5.95. The lowest BCUT2D eigenvalue weighted by molar-refractivity contribution is -0.136. The van der Waals surface area contributed by atoms with Gasteiger partial charge in [-0.25, -0.2) is 0 Å². The lowest BCUT2D eigenvalue weighted by Crippen LogP contribution is -2.26. The Morgan fingerprint density at radius 1 is 1.08 bits per heavy atom. The third-order valence-corrected chi connectivity index (χ3v) is 5.24. The highest BCUT2D eigenvalue weighted by atomic mass is 32.2. The Kier molecular flexibility index (Phi) is 4.90. The summed E-state index contributed by atoms with van der Waals surface area (Å²) in [6, 6.07) is 14.6. The van der Waals surface area contributed by atoms with E-state index >= 15 is 0 Å². The zero-order valence-corrected chi connectivity index (χ0v) is 14.8. The van der Waals surface area contributed by atoms with Crippen LogP contribution in [0.1, 0.15) is 22.3 Å². The Hall–Kier alpha value is -2.60. The van der Waals surface area contributed by atoms with Crippen molar-refractivity contribution in [1.29, 1.82) is 0 Å². The van der Waals surface area contributed by atoms with Crippen molar-refractivity contribution >= 4 is 35.2 Å². The number of nitrogens with zero attached hydrogens (tertiary/aromatic N) is 1. The first-order valence-corrected chi connectivity index (χ1v) is 8.77. The van der Waals surface area contributed by atoms with Gasteiger partial charge in [0.1, 0.15) is 0 Å². The number of thioether (sulfide) groups is 1. The number of benzene rings is 2. The molecule has 1 aliphatic heterocycles. The van der Waals surface area contributed by atoms with Gasteiger partial charge in [-0.1, -0.05) is 17.7 Å². The topological polar surface area (TPSA) is 66.5 Å². The predicted octanol–water partition coefficient (Wildman–Crippen LogP) is 3.10. The largest absolute Gasteiger partial charge is 0.322 e. The fourth-order valence-electron chi connectivity index (χ4n) is 2.50. The van der Waals surface area contributed by atoms with E-state index in [1.54, 1.807) is 24.3 Å². The third-order valence-electron chi connectivity index (χ3n) is 4.04. The molecule has 1 aliphatic rings. The molecule has 5 nitrogen and oxygen atoms in total. The molecule has 1 atom stereocenters. The van der Waals surface area contributed by atoms with Gasteiger partial charge in [-0.2, -0.15) is 0 Å². The van der Waals surface area contributed by atoms with Gasteiger partial charge in [0.05, 0.1) is 5.25 Å². The van der Waals surface area contributed by atoms with E-state index < -0.39 is 0 Å². The molecule has 0 radical (unpaired) electrons. The van der Waals surface area contributed by atoms with Gasteiger partial charge >= 0.3 is 0 Å². The van der Waals surface area contributed by atoms with E-state index in [9.17, 15) is 14.4 Å². The van der Waals surface area contributed by atoms with E-state index in [2.05, 4.69) is 5.32 Å². The van der Waals surface area contributed by atoms with Gasteiger partial charge in [-0.15, -0.1) is 11.8 Å². The molecule has 3 amide bonds. The minimum absolute atomic E-state index is 0.149. The Balaban J connectivity index is 1.62. The van der Waals surface area contributed by atoms with Gasteiger partial charge in [0.15, 0.2) is 0 Å². The molecule has 0 spiro atoms. The molecule has 0 aromatic heterocycles. The molecule has 1 unspecified atom stereocenters. The fraction of sp³-hybridized carbons (Fsp3) is 0.211. The molecule has 2 aromatic rings. The van der Waals surface area contributed by atoms with Crippen LogP contribution in [0.5, 0.6) is 0 Å². The minimum atomic E-state index is -0.370. The average molecular weight is 354 g/mol. The van der Waals surface area contributed by atoms with E-state index in [1.165, 1.54) is 23.7 Å². The van der Waals surface area contributed by atoms with Crippen LogP contribution in [0.15, 0.2) is 53.4 Å². The smallest absolute Gasteiger partial charge is 0.255 e. The Morgan fingerprint density at radius 3 is 2.28 bits per heavy atom. The van der Waals surface area contributed by atoms with E-state index in [0.29, 0.717) is 11.3 Å². The zero-order chi connectivity index (χ0) is 18.0.